The molecule has 0 fully saturated rings. The predicted molar refractivity (Wildman–Crippen MR) is 119 cm³/mol. The van der Waals surface area contributed by atoms with Gasteiger partial charge in [0.15, 0.2) is 11.6 Å². The van der Waals surface area contributed by atoms with Gasteiger partial charge < -0.3 is 10.2 Å². The van der Waals surface area contributed by atoms with Crippen molar-refractivity contribution in [2.24, 2.45) is 0 Å². The highest BCUT2D eigenvalue weighted by molar-refractivity contribution is 7.59. The van der Waals surface area contributed by atoms with Gasteiger partial charge in [-0.25, -0.2) is 13.5 Å². The monoisotopic (exact) mass is 446 g/mol. The van der Waals surface area contributed by atoms with Crippen molar-refractivity contribution in [3.8, 4) is 0 Å². The van der Waals surface area contributed by atoms with Gasteiger partial charge in [-0.1, -0.05) is 17.3 Å². The third kappa shape index (κ3) is 4.53. The summed E-state index contributed by atoms with van der Waals surface area (Å²) < 4.78 is 28.7. The number of halogens is 2. The summed E-state index contributed by atoms with van der Waals surface area (Å²) in [6.45, 7) is 3.83. The van der Waals surface area contributed by atoms with Crippen LogP contribution in [-0.2, 0) is 24.2 Å². The number of carbonyl (C=O) groups excluding carboxylic acids is 1. The van der Waals surface area contributed by atoms with Gasteiger partial charge in [-0.3, -0.25) is 9.78 Å². The van der Waals surface area contributed by atoms with E-state index in [4.69, 9.17) is 0 Å². The lowest BCUT2D eigenvalue weighted by molar-refractivity contribution is -0.117. The lowest BCUT2D eigenvalue weighted by Gasteiger charge is -2.34. The lowest BCUT2D eigenvalue weighted by atomic mass is 10.1. The summed E-state index contributed by atoms with van der Waals surface area (Å²) in [7, 11) is 1.89. The molecular formula is C21H24F2N6OS. The number of hydrogen-bond donors (Lipinski definition) is 1. The minimum Gasteiger partial charge on any atom is -0.361 e. The molecule has 0 radical (unpaired) electrons. The molecule has 1 aromatic carbocycles. The largest absolute Gasteiger partial charge is 0.361 e. The van der Waals surface area contributed by atoms with Gasteiger partial charge in [0.05, 0.1) is 29.3 Å². The van der Waals surface area contributed by atoms with Crippen molar-refractivity contribution in [1.29, 1.82) is 0 Å². The first-order valence-corrected chi connectivity index (χ1v) is 9.69. The van der Waals surface area contributed by atoms with Crippen LogP contribution >= 0.6 is 13.5 Å². The Hall–Kier alpha value is -3.01. The topological polar surface area (TPSA) is 75.9 Å². The van der Waals surface area contributed by atoms with Gasteiger partial charge in [0, 0.05) is 24.5 Å². The molecule has 1 amide bonds. The first kappa shape index (κ1) is 22.7. The predicted octanol–water partition coefficient (Wildman–Crippen LogP) is 2.98. The van der Waals surface area contributed by atoms with E-state index >= 15 is 0 Å². The van der Waals surface area contributed by atoms with Gasteiger partial charge in [0.25, 0.3) is 0 Å². The van der Waals surface area contributed by atoms with Crippen molar-refractivity contribution in [3.63, 3.8) is 0 Å². The lowest BCUT2D eigenvalue weighted by Crippen LogP contribution is -2.44. The summed E-state index contributed by atoms with van der Waals surface area (Å²) in [6.07, 6.45) is 2.96. The van der Waals surface area contributed by atoms with Crippen LogP contribution in [0.4, 0.5) is 20.2 Å². The second-order valence-electron chi connectivity index (χ2n) is 7.49. The molecule has 1 aliphatic rings. The van der Waals surface area contributed by atoms with Crippen molar-refractivity contribution in [1.82, 2.24) is 20.0 Å². The molecule has 3 aromatic rings. The molecule has 0 spiro atoms. The highest BCUT2D eigenvalue weighted by atomic mass is 32.1. The molecule has 1 aliphatic heterocycles. The third-order valence-corrected chi connectivity index (χ3v) is 5.41. The Kier molecular flexibility index (Phi) is 6.59. The molecule has 0 unspecified atom stereocenters. The van der Waals surface area contributed by atoms with Gasteiger partial charge in [-0.15, -0.1) is 5.10 Å². The van der Waals surface area contributed by atoms with Crippen LogP contribution in [0.25, 0.3) is 0 Å². The number of amides is 1. The minimum atomic E-state index is -0.878. The van der Waals surface area contributed by atoms with Crippen molar-refractivity contribution < 1.29 is 13.6 Å². The quantitative estimate of drug-likeness (QED) is 0.652. The zero-order valence-electron chi connectivity index (χ0n) is 17.5. The molecule has 0 bridgehead atoms. The zero-order chi connectivity index (χ0) is 21.4. The number of hydrogen-bond acceptors (Lipinski definition) is 5. The Bertz CT molecular complexity index is 1120. The van der Waals surface area contributed by atoms with E-state index in [9.17, 15) is 13.6 Å². The molecule has 4 rings (SSSR count). The van der Waals surface area contributed by atoms with Crippen LogP contribution in [-0.4, -0.2) is 39.0 Å². The molecule has 164 valence electrons. The number of nitrogens with zero attached hydrogens (tertiary/aromatic N) is 5. The maximum absolute atomic E-state index is 13.8. The molecule has 1 atom stereocenters. The fourth-order valence-electron chi connectivity index (χ4n) is 3.52. The van der Waals surface area contributed by atoms with Gasteiger partial charge in [-0.05, 0) is 38.8 Å². The molecule has 7 nitrogen and oxygen atoms in total. The van der Waals surface area contributed by atoms with E-state index in [1.807, 2.05) is 31.9 Å². The number of benzene rings is 1. The number of fused-ring (bicyclic) bond motifs is 1. The van der Waals surface area contributed by atoms with Crippen molar-refractivity contribution in [2.75, 3.05) is 17.3 Å². The highest BCUT2D eigenvalue weighted by Gasteiger charge is 2.28. The van der Waals surface area contributed by atoms with E-state index in [2.05, 4.69) is 20.6 Å². The van der Waals surface area contributed by atoms with Crippen LogP contribution in [0.3, 0.4) is 0 Å². The zero-order valence-corrected chi connectivity index (χ0v) is 18.5. The van der Waals surface area contributed by atoms with Gasteiger partial charge >= 0.3 is 0 Å². The summed E-state index contributed by atoms with van der Waals surface area (Å²) in [4.78, 5) is 18.6. The van der Waals surface area contributed by atoms with Gasteiger partial charge in [0.1, 0.15) is 6.04 Å². The van der Waals surface area contributed by atoms with Crippen LogP contribution in [0.1, 0.15) is 29.6 Å². The van der Waals surface area contributed by atoms with Crippen LogP contribution < -0.4 is 10.2 Å². The average Bonchev–Trinajstić information content (AvgIpc) is 3.16. The molecule has 2 aromatic heterocycles. The van der Waals surface area contributed by atoms with E-state index in [1.165, 1.54) is 16.8 Å². The Labute approximate surface area is 185 Å². The van der Waals surface area contributed by atoms with Crippen LogP contribution in [0.5, 0.6) is 0 Å². The van der Waals surface area contributed by atoms with E-state index in [0.29, 0.717) is 12.8 Å². The second kappa shape index (κ2) is 9.01. The van der Waals surface area contributed by atoms with Crippen LogP contribution in [0.15, 0.2) is 30.5 Å². The van der Waals surface area contributed by atoms with E-state index < -0.39 is 11.6 Å². The number of nitrogens with one attached hydrogen (secondary N) is 1. The smallest absolute Gasteiger partial charge is 0.246 e. The second-order valence-corrected chi connectivity index (χ2v) is 7.49. The molecule has 1 N–H and O–H groups in total. The first-order chi connectivity index (χ1) is 14.3. The fourth-order valence-corrected chi connectivity index (χ4v) is 3.52. The number of pyridine rings is 1. The standard InChI is InChI=1S/C21H22F2N6O.H2S/c1-12-20-18(28(3)13(2)21(30)25-20)9-15(24-12)7-8-16-11-29(27-26-16)10-14-5-4-6-17(22)19(14)23;/h4-6,9,11,13H,7-8,10H2,1-3H3,(H,25,30);1H2/t13-;/m0./s1. The van der Waals surface area contributed by atoms with E-state index in [0.717, 1.165) is 34.5 Å². The number of aromatic nitrogens is 4. The Morgan fingerprint density at radius 3 is 2.71 bits per heavy atom. The molecule has 0 aliphatic carbocycles. The third-order valence-electron chi connectivity index (χ3n) is 5.41. The summed E-state index contributed by atoms with van der Waals surface area (Å²) in [5.41, 5.74) is 4.28. The highest BCUT2D eigenvalue weighted by Crippen LogP contribution is 2.33. The van der Waals surface area contributed by atoms with Gasteiger partial charge in [-0.2, -0.15) is 13.5 Å². The fraction of sp³-hybridized carbons (Fsp3) is 0.333. The van der Waals surface area contributed by atoms with E-state index in [1.54, 1.807) is 6.20 Å². The normalized spacial score (nSPS) is 15.3. The SMILES string of the molecule is Cc1nc(CCc2cn(Cc3cccc(F)c3F)nn2)cc2c1NC(=O)[C@H](C)N2C.S. The first-order valence-electron chi connectivity index (χ1n) is 9.69. The Morgan fingerprint density at radius 2 is 1.94 bits per heavy atom. The number of rotatable bonds is 5. The van der Waals surface area contributed by atoms with Crippen molar-refractivity contribution >= 4 is 30.8 Å². The molecule has 10 heteroatoms. The molecule has 0 saturated heterocycles. The van der Waals surface area contributed by atoms with E-state index in [-0.39, 0.29) is 37.6 Å². The minimum absolute atomic E-state index is 0. The van der Waals surface area contributed by atoms with Crippen LogP contribution in [0, 0.1) is 18.6 Å². The molecule has 0 saturated carbocycles. The molecule has 3 heterocycles. The Balaban J connectivity index is 0.00000272. The molecule has 31 heavy (non-hydrogen) atoms. The number of anilines is 2. The summed E-state index contributed by atoms with van der Waals surface area (Å²) >= 11 is 0. The van der Waals surface area contributed by atoms with Crippen molar-refractivity contribution in [3.05, 3.63) is 64.7 Å². The number of aryl methyl sites for hydroxylation is 3. The van der Waals surface area contributed by atoms with Crippen molar-refractivity contribution in [2.45, 2.75) is 39.3 Å². The summed E-state index contributed by atoms with van der Waals surface area (Å²) in [5.74, 6) is -1.79. The Morgan fingerprint density at radius 1 is 1.19 bits per heavy atom. The molecular weight excluding hydrogens is 422 g/mol. The maximum Gasteiger partial charge on any atom is 0.246 e. The van der Waals surface area contributed by atoms with Crippen LogP contribution in [0.2, 0.25) is 0 Å². The maximum atomic E-state index is 13.8. The number of likely N-dealkylation sites (N-methyl/N-ethyl adjacent to an activating group) is 1. The van der Waals surface area contributed by atoms with Gasteiger partial charge in [0.2, 0.25) is 5.91 Å². The summed E-state index contributed by atoms with van der Waals surface area (Å²) in [5, 5.41) is 11.1. The number of carbonyl (C=O) groups is 1. The summed E-state index contributed by atoms with van der Waals surface area (Å²) in [6, 6.07) is 5.80. The average molecular weight is 447 g/mol.